The second kappa shape index (κ2) is 9.25. The Hall–Kier alpha value is -2.77. The molecule has 0 saturated carbocycles. The number of anilines is 2. The maximum absolute atomic E-state index is 14.1. The first-order valence-electron chi connectivity index (χ1n) is 8.44. The van der Waals surface area contributed by atoms with E-state index >= 15 is 0 Å². The van der Waals surface area contributed by atoms with Gasteiger partial charge in [-0.2, -0.15) is 0 Å². The summed E-state index contributed by atoms with van der Waals surface area (Å²) in [6, 6.07) is 10.6. The van der Waals surface area contributed by atoms with Crippen LogP contribution in [0.15, 0.2) is 42.5 Å². The summed E-state index contributed by atoms with van der Waals surface area (Å²) in [7, 11) is 4.88. The quantitative estimate of drug-likeness (QED) is 0.783. The van der Waals surface area contributed by atoms with E-state index < -0.39 is 11.9 Å². The zero-order chi connectivity index (χ0) is 20.0. The van der Waals surface area contributed by atoms with E-state index in [1.807, 2.05) is 6.92 Å². The lowest BCUT2D eigenvalue weighted by molar-refractivity contribution is -0.121. The molecule has 0 radical (unpaired) electrons. The maximum atomic E-state index is 14.1. The van der Waals surface area contributed by atoms with E-state index in [0.717, 1.165) is 5.56 Å². The predicted octanol–water partition coefficient (Wildman–Crippen LogP) is 2.96. The Balaban J connectivity index is 2.17. The monoisotopic (exact) mass is 373 g/mol. The van der Waals surface area contributed by atoms with Gasteiger partial charge in [0.05, 0.1) is 0 Å². The molecular formula is C20H24FN3O3. The van der Waals surface area contributed by atoms with Crippen LogP contribution in [0.5, 0.6) is 0 Å². The Labute approximate surface area is 158 Å². The van der Waals surface area contributed by atoms with E-state index in [0.29, 0.717) is 16.9 Å². The van der Waals surface area contributed by atoms with Crippen LogP contribution in [0, 0.1) is 12.7 Å². The number of aryl methyl sites for hydroxylation is 1. The van der Waals surface area contributed by atoms with Gasteiger partial charge in [0.25, 0.3) is 0 Å². The first-order chi connectivity index (χ1) is 12.8. The lowest BCUT2D eigenvalue weighted by atomic mass is 10.0. The summed E-state index contributed by atoms with van der Waals surface area (Å²) in [5.41, 5.74) is 2.28. The highest BCUT2D eigenvalue weighted by Crippen LogP contribution is 2.25. The third kappa shape index (κ3) is 5.35. The summed E-state index contributed by atoms with van der Waals surface area (Å²) in [5.74, 6) is -1.04. The Morgan fingerprint density at radius 2 is 1.85 bits per heavy atom. The number of methoxy groups -OCH3 is 1. The van der Waals surface area contributed by atoms with Crippen LogP contribution in [0.4, 0.5) is 15.8 Å². The summed E-state index contributed by atoms with van der Waals surface area (Å²) < 4.78 is 18.9. The van der Waals surface area contributed by atoms with Crippen LogP contribution >= 0.6 is 0 Å². The first-order valence-corrected chi connectivity index (χ1v) is 8.44. The zero-order valence-electron chi connectivity index (χ0n) is 15.9. The van der Waals surface area contributed by atoms with Crippen molar-refractivity contribution in [2.45, 2.75) is 13.0 Å². The lowest BCUT2D eigenvalue weighted by Crippen LogP contribution is -2.33. The molecule has 0 bridgehead atoms. The maximum Gasteiger partial charge on any atom is 0.250 e. The summed E-state index contributed by atoms with van der Waals surface area (Å²) in [4.78, 5) is 26.0. The van der Waals surface area contributed by atoms with Crippen molar-refractivity contribution in [1.82, 2.24) is 4.90 Å². The van der Waals surface area contributed by atoms with Crippen LogP contribution in [0.2, 0.25) is 0 Å². The van der Waals surface area contributed by atoms with Gasteiger partial charge in [0.1, 0.15) is 18.5 Å². The molecule has 0 spiro atoms. The van der Waals surface area contributed by atoms with Crippen molar-refractivity contribution in [1.29, 1.82) is 0 Å². The molecule has 0 heterocycles. The number of carbonyl (C=O) groups excluding carboxylic acids is 2. The van der Waals surface area contributed by atoms with Gasteiger partial charge in [0.15, 0.2) is 0 Å². The Morgan fingerprint density at radius 3 is 2.44 bits per heavy atom. The molecule has 0 aliphatic carbocycles. The molecule has 144 valence electrons. The largest absolute Gasteiger partial charge is 0.375 e. The lowest BCUT2D eigenvalue weighted by Gasteiger charge is -2.24. The van der Waals surface area contributed by atoms with Crippen molar-refractivity contribution in [2.24, 2.45) is 0 Å². The van der Waals surface area contributed by atoms with Gasteiger partial charge < -0.3 is 15.4 Å². The standard InChI is InChI=1S/C20H24FN3O3/c1-13-11-14(9-10-17(13)23-18(25)12-27-4)22-20(26)19(24(2)3)15-7-5-6-8-16(15)21/h5-11,19H,12H2,1-4H3,(H,22,26)(H,23,25). The van der Waals surface area contributed by atoms with Crippen LogP contribution in [-0.4, -0.2) is 44.5 Å². The van der Waals surface area contributed by atoms with Gasteiger partial charge in [-0.3, -0.25) is 14.5 Å². The number of nitrogens with zero attached hydrogens (tertiary/aromatic N) is 1. The normalized spacial score (nSPS) is 11.9. The molecule has 2 aromatic carbocycles. The molecule has 27 heavy (non-hydrogen) atoms. The van der Waals surface area contributed by atoms with Crippen molar-refractivity contribution < 1.29 is 18.7 Å². The predicted molar refractivity (Wildman–Crippen MR) is 103 cm³/mol. The molecule has 0 saturated heterocycles. The molecule has 7 heteroatoms. The highest BCUT2D eigenvalue weighted by Gasteiger charge is 2.25. The molecule has 2 amide bonds. The summed E-state index contributed by atoms with van der Waals surface area (Å²) >= 11 is 0. The van der Waals surface area contributed by atoms with Crippen LogP contribution in [-0.2, 0) is 14.3 Å². The molecule has 1 atom stereocenters. The number of carbonyl (C=O) groups is 2. The molecule has 0 fully saturated rings. The molecule has 0 aliphatic rings. The smallest absolute Gasteiger partial charge is 0.250 e. The number of amides is 2. The highest BCUT2D eigenvalue weighted by molar-refractivity contribution is 5.96. The zero-order valence-corrected chi connectivity index (χ0v) is 15.9. The van der Waals surface area contributed by atoms with Crippen LogP contribution in [0.3, 0.4) is 0 Å². The second-order valence-electron chi connectivity index (χ2n) is 6.39. The van der Waals surface area contributed by atoms with Crippen molar-refractivity contribution >= 4 is 23.2 Å². The van der Waals surface area contributed by atoms with Gasteiger partial charge in [0, 0.05) is 24.0 Å². The fourth-order valence-corrected chi connectivity index (χ4v) is 2.76. The van der Waals surface area contributed by atoms with Gasteiger partial charge in [-0.1, -0.05) is 18.2 Å². The van der Waals surface area contributed by atoms with Gasteiger partial charge >= 0.3 is 0 Å². The molecule has 2 aromatic rings. The van der Waals surface area contributed by atoms with E-state index in [-0.39, 0.29) is 18.4 Å². The second-order valence-corrected chi connectivity index (χ2v) is 6.39. The van der Waals surface area contributed by atoms with Gasteiger partial charge in [-0.05, 0) is 50.8 Å². The van der Waals surface area contributed by atoms with Crippen molar-refractivity contribution in [3.05, 3.63) is 59.4 Å². The average molecular weight is 373 g/mol. The number of hydrogen-bond donors (Lipinski definition) is 2. The third-order valence-corrected chi connectivity index (χ3v) is 4.01. The highest BCUT2D eigenvalue weighted by atomic mass is 19.1. The van der Waals surface area contributed by atoms with Gasteiger partial charge in [-0.25, -0.2) is 4.39 Å². The van der Waals surface area contributed by atoms with E-state index in [2.05, 4.69) is 10.6 Å². The van der Waals surface area contributed by atoms with Crippen LogP contribution in [0.1, 0.15) is 17.2 Å². The third-order valence-electron chi connectivity index (χ3n) is 4.01. The van der Waals surface area contributed by atoms with Crippen LogP contribution < -0.4 is 10.6 Å². The molecule has 6 nitrogen and oxygen atoms in total. The number of halogens is 1. The minimum atomic E-state index is -0.771. The number of benzene rings is 2. The SMILES string of the molecule is COCC(=O)Nc1ccc(NC(=O)C(c2ccccc2F)N(C)C)cc1C. The van der Waals surface area contributed by atoms with Gasteiger partial charge in [-0.15, -0.1) is 0 Å². The minimum Gasteiger partial charge on any atom is -0.375 e. The summed E-state index contributed by atoms with van der Waals surface area (Å²) in [6.07, 6.45) is 0. The minimum absolute atomic E-state index is 0.0366. The van der Waals surface area contributed by atoms with Crippen molar-refractivity contribution in [3.8, 4) is 0 Å². The molecule has 1 unspecified atom stereocenters. The number of hydrogen-bond acceptors (Lipinski definition) is 4. The fourth-order valence-electron chi connectivity index (χ4n) is 2.76. The first kappa shape index (κ1) is 20.5. The number of ether oxygens (including phenoxy) is 1. The molecule has 2 N–H and O–H groups in total. The molecular weight excluding hydrogens is 349 g/mol. The van der Waals surface area contributed by atoms with E-state index in [1.54, 1.807) is 55.4 Å². The Bertz CT molecular complexity index is 824. The fraction of sp³-hybridized carbons (Fsp3) is 0.300. The van der Waals surface area contributed by atoms with Crippen molar-refractivity contribution in [2.75, 3.05) is 38.4 Å². The summed E-state index contributed by atoms with van der Waals surface area (Å²) in [5, 5.41) is 5.54. The molecule has 0 aromatic heterocycles. The van der Waals surface area contributed by atoms with Crippen molar-refractivity contribution in [3.63, 3.8) is 0 Å². The van der Waals surface area contributed by atoms with E-state index in [1.165, 1.54) is 13.2 Å². The Kier molecular flexibility index (Phi) is 7.04. The van der Waals surface area contributed by atoms with E-state index in [4.69, 9.17) is 4.74 Å². The Morgan fingerprint density at radius 1 is 1.15 bits per heavy atom. The van der Waals surface area contributed by atoms with Gasteiger partial charge in [0.2, 0.25) is 11.8 Å². The van der Waals surface area contributed by atoms with Crippen LogP contribution in [0.25, 0.3) is 0 Å². The number of nitrogens with one attached hydrogen (secondary N) is 2. The van der Waals surface area contributed by atoms with E-state index in [9.17, 15) is 14.0 Å². The number of likely N-dealkylation sites (N-methyl/N-ethyl adjacent to an activating group) is 1. The molecule has 0 aliphatic heterocycles. The topological polar surface area (TPSA) is 70.7 Å². The number of rotatable bonds is 7. The summed E-state index contributed by atoms with van der Waals surface area (Å²) in [6.45, 7) is 1.78. The molecule has 2 rings (SSSR count). The average Bonchev–Trinajstić information content (AvgIpc) is 2.59.